The highest BCUT2D eigenvalue weighted by atomic mass is 32.2. The van der Waals surface area contributed by atoms with Gasteiger partial charge in [0.1, 0.15) is 0 Å². The number of isocyanates is 1. The van der Waals surface area contributed by atoms with Gasteiger partial charge in [0.2, 0.25) is 6.08 Å². The quantitative estimate of drug-likeness (QED) is 0.500. The minimum atomic E-state index is 0.653. The van der Waals surface area contributed by atoms with Crippen LogP contribution in [0.3, 0.4) is 0 Å². The lowest BCUT2D eigenvalue weighted by Gasteiger charge is -2.07. The van der Waals surface area contributed by atoms with Crippen molar-refractivity contribution in [2.75, 3.05) is 0 Å². The Morgan fingerprint density at radius 3 is 2.40 bits per heavy atom. The van der Waals surface area contributed by atoms with Gasteiger partial charge in [-0.25, -0.2) is 4.79 Å². The number of para-hydroxylation sites is 1. The topological polar surface area (TPSA) is 29.4 Å². The van der Waals surface area contributed by atoms with Gasteiger partial charge >= 0.3 is 0 Å². The van der Waals surface area contributed by atoms with Crippen LogP contribution in [-0.2, 0) is 4.79 Å². The minimum Gasteiger partial charge on any atom is -0.211 e. The van der Waals surface area contributed by atoms with E-state index in [0.717, 1.165) is 9.79 Å². The highest BCUT2D eigenvalue weighted by Crippen LogP contribution is 2.38. The van der Waals surface area contributed by atoms with Crippen molar-refractivity contribution in [1.29, 1.82) is 0 Å². The average molecular weight is 277 g/mol. The van der Waals surface area contributed by atoms with Crippen LogP contribution in [0.25, 0.3) is 10.8 Å². The molecule has 0 radical (unpaired) electrons. The highest BCUT2D eigenvalue weighted by Gasteiger charge is 2.06. The summed E-state index contributed by atoms with van der Waals surface area (Å²) in [5.74, 6) is 0. The molecule has 0 atom stereocenters. The molecule has 0 aliphatic heterocycles. The Balaban J connectivity index is 2.08. The van der Waals surface area contributed by atoms with E-state index < -0.39 is 0 Å². The molecule has 0 aromatic heterocycles. The molecule has 3 heteroatoms. The van der Waals surface area contributed by atoms with Crippen molar-refractivity contribution < 1.29 is 4.79 Å². The summed E-state index contributed by atoms with van der Waals surface area (Å²) < 4.78 is 0. The van der Waals surface area contributed by atoms with E-state index >= 15 is 0 Å². The maximum Gasteiger partial charge on any atom is 0.240 e. The molecule has 0 amide bonds. The molecule has 0 unspecified atom stereocenters. The minimum absolute atomic E-state index is 0.653. The SMILES string of the molecule is O=C=Nc1ccccc1Sc1cccc2ccccc12. The summed E-state index contributed by atoms with van der Waals surface area (Å²) in [5.41, 5.74) is 0.653. The van der Waals surface area contributed by atoms with Crippen molar-refractivity contribution in [3.63, 3.8) is 0 Å². The number of rotatable bonds is 3. The zero-order chi connectivity index (χ0) is 13.8. The predicted octanol–water partition coefficient (Wildman–Crippen LogP) is 4.96. The molecule has 3 aromatic carbocycles. The lowest BCUT2D eigenvalue weighted by molar-refractivity contribution is 0.565. The van der Waals surface area contributed by atoms with E-state index in [-0.39, 0.29) is 0 Å². The Bertz CT molecular complexity index is 801. The molecule has 0 spiro atoms. The number of hydrogen-bond donors (Lipinski definition) is 0. The first-order valence-corrected chi connectivity index (χ1v) is 7.02. The third kappa shape index (κ3) is 2.50. The third-order valence-corrected chi connectivity index (χ3v) is 4.14. The molecule has 20 heavy (non-hydrogen) atoms. The molecule has 96 valence electrons. The predicted molar refractivity (Wildman–Crippen MR) is 82.3 cm³/mol. The zero-order valence-corrected chi connectivity index (χ0v) is 11.4. The lowest BCUT2D eigenvalue weighted by atomic mass is 10.1. The summed E-state index contributed by atoms with van der Waals surface area (Å²) in [6.07, 6.45) is 1.61. The number of carbonyl (C=O) groups excluding carboxylic acids is 1. The van der Waals surface area contributed by atoms with Crippen LogP contribution in [0, 0.1) is 0 Å². The Morgan fingerprint density at radius 1 is 0.800 bits per heavy atom. The van der Waals surface area contributed by atoms with Crippen LogP contribution in [0.1, 0.15) is 0 Å². The van der Waals surface area contributed by atoms with Crippen molar-refractivity contribution in [1.82, 2.24) is 0 Å². The molecular formula is C17H11NOS. The van der Waals surface area contributed by atoms with Gasteiger partial charge in [-0.15, -0.1) is 0 Å². The number of fused-ring (bicyclic) bond motifs is 1. The van der Waals surface area contributed by atoms with E-state index in [4.69, 9.17) is 0 Å². The molecular weight excluding hydrogens is 266 g/mol. The standard InChI is InChI=1S/C17H11NOS/c19-12-18-15-9-3-4-10-17(15)20-16-11-5-7-13-6-1-2-8-14(13)16/h1-11H. The Labute approximate surface area is 121 Å². The van der Waals surface area contributed by atoms with Crippen molar-refractivity contribution in [2.24, 2.45) is 4.99 Å². The van der Waals surface area contributed by atoms with Gasteiger partial charge in [-0.2, -0.15) is 4.99 Å². The van der Waals surface area contributed by atoms with E-state index in [1.54, 1.807) is 17.8 Å². The van der Waals surface area contributed by atoms with Crippen molar-refractivity contribution in [3.8, 4) is 0 Å². The molecule has 0 aliphatic carbocycles. The first-order chi connectivity index (χ1) is 9.88. The molecule has 0 N–H and O–H groups in total. The highest BCUT2D eigenvalue weighted by molar-refractivity contribution is 7.99. The monoisotopic (exact) mass is 277 g/mol. The normalized spacial score (nSPS) is 10.2. The van der Waals surface area contributed by atoms with E-state index in [1.165, 1.54) is 10.8 Å². The van der Waals surface area contributed by atoms with E-state index in [2.05, 4.69) is 29.3 Å². The maximum absolute atomic E-state index is 10.5. The van der Waals surface area contributed by atoms with Crippen LogP contribution in [0.2, 0.25) is 0 Å². The van der Waals surface area contributed by atoms with Crippen molar-refractivity contribution >= 4 is 34.3 Å². The van der Waals surface area contributed by atoms with Crippen LogP contribution in [0.4, 0.5) is 5.69 Å². The van der Waals surface area contributed by atoms with Crippen LogP contribution in [0.15, 0.2) is 81.5 Å². The second-order valence-electron chi connectivity index (χ2n) is 4.25. The van der Waals surface area contributed by atoms with E-state index in [0.29, 0.717) is 5.69 Å². The third-order valence-electron chi connectivity index (χ3n) is 3.00. The largest absolute Gasteiger partial charge is 0.240 e. The second kappa shape index (κ2) is 5.74. The molecule has 0 saturated carbocycles. The van der Waals surface area contributed by atoms with Gasteiger partial charge in [-0.1, -0.05) is 60.3 Å². The summed E-state index contributed by atoms with van der Waals surface area (Å²) >= 11 is 1.61. The maximum atomic E-state index is 10.5. The second-order valence-corrected chi connectivity index (χ2v) is 5.33. The van der Waals surface area contributed by atoms with Gasteiger partial charge < -0.3 is 0 Å². The molecule has 0 aliphatic rings. The number of benzene rings is 3. The molecule has 0 bridgehead atoms. The molecule has 2 nitrogen and oxygen atoms in total. The van der Waals surface area contributed by atoms with E-state index in [9.17, 15) is 4.79 Å². The summed E-state index contributed by atoms with van der Waals surface area (Å²) in [6.45, 7) is 0. The first kappa shape index (κ1) is 12.7. The van der Waals surface area contributed by atoms with E-state index in [1.807, 2.05) is 42.5 Å². The lowest BCUT2D eigenvalue weighted by Crippen LogP contribution is -1.79. The van der Waals surface area contributed by atoms with Crippen molar-refractivity contribution in [2.45, 2.75) is 9.79 Å². The fourth-order valence-electron chi connectivity index (χ4n) is 2.09. The Kier molecular flexibility index (Phi) is 3.64. The molecule has 0 fully saturated rings. The van der Waals surface area contributed by atoms with Gasteiger partial charge in [0.15, 0.2) is 0 Å². The summed E-state index contributed by atoms with van der Waals surface area (Å²) in [4.78, 5) is 16.3. The van der Waals surface area contributed by atoms with Crippen LogP contribution in [0.5, 0.6) is 0 Å². The fraction of sp³-hybridized carbons (Fsp3) is 0. The van der Waals surface area contributed by atoms with Gasteiger partial charge in [-0.3, -0.25) is 0 Å². The average Bonchev–Trinajstić information content (AvgIpc) is 2.50. The Morgan fingerprint density at radius 2 is 1.50 bits per heavy atom. The summed E-state index contributed by atoms with van der Waals surface area (Å²) in [7, 11) is 0. The fourth-order valence-corrected chi connectivity index (χ4v) is 3.13. The zero-order valence-electron chi connectivity index (χ0n) is 10.6. The molecule has 0 saturated heterocycles. The number of aliphatic imine (C=N–C) groups is 1. The molecule has 0 heterocycles. The first-order valence-electron chi connectivity index (χ1n) is 6.21. The molecule has 3 rings (SSSR count). The summed E-state index contributed by atoms with van der Waals surface area (Å²) in [5, 5.41) is 2.40. The van der Waals surface area contributed by atoms with Gasteiger partial charge in [-0.05, 0) is 29.0 Å². The van der Waals surface area contributed by atoms with Gasteiger partial charge in [0.25, 0.3) is 0 Å². The van der Waals surface area contributed by atoms with Crippen LogP contribution in [-0.4, -0.2) is 6.08 Å². The molecule has 3 aromatic rings. The van der Waals surface area contributed by atoms with Crippen molar-refractivity contribution in [3.05, 3.63) is 66.7 Å². The number of hydrogen-bond acceptors (Lipinski definition) is 3. The Hall–Kier alpha value is -2.35. The summed E-state index contributed by atoms with van der Waals surface area (Å²) in [6, 6.07) is 22.0. The van der Waals surface area contributed by atoms with Crippen LogP contribution >= 0.6 is 11.8 Å². The number of nitrogens with zero attached hydrogens (tertiary/aromatic N) is 1. The van der Waals surface area contributed by atoms with Crippen LogP contribution < -0.4 is 0 Å². The smallest absolute Gasteiger partial charge is 0.211 e. The van der Waals surface area contributed by atoms with Gasteiger partial charge in [0.05, 0.1) is 5.69 Å². The van der Waals surface area contributed by atoms with Gasteiger partial charge in [0, 0.05) is 9.79 Å².